The molecular formula is C13H15ClN2S. The summed E-state index contributed by atoms with van der Waals surface area (Å²) in [5.41, 5.74) is 4.04. The van der Waals surface area contributed by atoms with Crippen molar-refractivity contribution in [2.45, 2.75) is 18.9 Å². The Morgan fingerprint density at radius 3 is 2.59 bits per heavy atom. The quantitative estimate of drug-likeness (QED) is 0.642. The predicted octanol–water partition coefficient (Wildman–Crippen LogP) is 3.54. The van der Waals surface area contributed by atoms with Gasteiger partial charge in [0.2, 0.25) is 0 Å². The molecule has 1 heterocycles. The molecule has 0 spiro atoms. The molecule has 0 saturated heterocycles. The number of nitrogens with one attached hydrogen (secondary N) is 1. The lowest BCUT2D eigenvalue weighted by Crippen LogP contribution is -2.28. The van der Waals surface area contributed by atoms with Crippen molar-refractivity contribution in [3.05, 3.63) is 57.2 Å². The zero-order valence-electron chi connectivity index (χ0n) is 9.40. The predicted molar refractivity (Wildman–Crippen MR) is 74.2 cm³/mol. The molecule has 0 aliphatic carbocycles. The molecule has 0 radical (unpaired) electrons. The van der Waals surface area contributed by atoms with Gasteiger partial charge in [0.1, 0.15) is 0 Å². The maximum Gasteiger partial charge on any atom is 0.0463 e. The van der Waals surface area contributed by atoms with Crippen LogP contribution in [0.2, 0.25) is 5.02 Å². The molecule has 2 nitrogen and oxygen atoms in total. The van der Waals surface area contributed by atoms with Crippen LogP contribution < -0.4 is 11.3 Å². The Labute approximate surface area is 110 Å². The number of benzene rings is 1. The molecule has 0 aliphatic rings. The van der Waals surface area contributed by atoms with Gasteiger partial charge in [-0.15, -0.1) is 11.3 Å². The first-order valence-electron chi connectivity index (χ1n) is 5.53. The Kier molecular flexibility index (Phi) is 4.57. The van der Waals surface area contributed by atoms with E-state index in [1.807, 2.05) is 24.3 Å². The van der Waals surface area contributed by atoms with Crippen molar-refractivity contribution < 1.29 is 0 Å². The minimum absolute atomic E-state index is 0.175. The highest BCUT2D eigenvalue weighted by atomic mass is 35.5. The molecule has 1 unspecified atom stereocenters. The molecule has 17 heavy (non-hydrogen) atoms. The lowest BCUT2D eigenvalue weighted by atomic mass is 10.0. The summed E-state index contributed by atoms with van der Waals surface area (Å²) in [6, 6.07) is 12.2. The van der Waals surface area contributed by atoms with Crippen molar-refractivity contribution in [1.82, 2.24) is 5.43 Å². The fourth-order valence-electron chi connectivity index (χ4n) is 1.78. The Balaban J connectivity index is 1.99. The average molecular weight is 267 g/mol. The van der Waals surface area contributed by atoms with Gasteiger partial charge in [-0.05, 0) is 42.0 Å². The number of hydrogen-bond acceptors (Lipinski definition) is 3. The highest BCUT2D eigenvalue weighted by Gasteiger charge is 2.09. The van der Waals surface area contributed by atoms with Crippen LogP contribution in [0.5, 0.6) is 0 Å². The Morgan fingerprint density at radius 1 is 1.24 bits per heavy atom. The lowest BCUT2D eigenvalue weighted by Gasteiger charge is -2.15. The molecule has 0 bridgehead atoms. The second kappa shape index (κ2) is 6.17. The maximum atomic E-state index is 5.87. The van der Waals surface area contributed by atoms with Crippen LogP contribution in [0, 0.1) is 0 Å². The van der Waals surface area contributed by atoms with Gasteiger partial charge in [-0.3, -0.25) is 11.3 Å². The summed E-state index contributed by atoms with van der Waals surface area (Å²) in [6.07, 6.45) is 2.02. The van der Waals surface area contributed by atoms with Crippen molar-refractivity contribution in [2.24, 2.45) is 5.84 Å². The van der Waals surface area contributed by atoms with Gasteiger partial charge in [-0.25, -0.2) is 0 Å². The minimum Gasteiger partial charge on any atom is -0.271 e. The van der Waals surface area contributed by atoms with Crippen LogP contribution >= 0.6 is 22.9 Å². The topological polar surface area (TPSA) is 38.0 Å². The van der Waals surface area contributed by atoms with Crippen LogP contribution in [-0.4, -0.2) is 0 Å². The molecule has 0 aliphatic heterocycles. The van der Waals surface area contributed by atoms with E-state index in [0.29, 0.717) is 0 Å². The van der Waals surface area contributed by atoms with E-state index < -0.39 is 0 Å². The monoisotopic (exact) mass is 266 g/mol. The molecule has 0 saturated carbocycles. The SMILES string of the molecule is NNC(CCc1cccs1)c1ccc(Cl)cc1. The third-order valence-electron chi connectivity index (χ3n) is 2.73. The average Bonchev–Trinajstić information content (AvgIpc) is 2.85. The van der Waals surface area contributed by atoms with E-state index >= 15 is 0 Å². The lowest BCUT2D eigenvalue weighted by molar-refractivity contribution is 0.518. The number of thiophene rings is 1. The van der Waals surface area contributed by atoms with E-state index in [2.05, 4.69) is 22.9 Å². The summed E-state index contributed by atoms with van der Waals surface area (Å²) >= 11 is 7.65. The van der Waals surface area contributed by atoms with Crippen LogP contribution in [0.4, 0.5) is 0 Å². The largest absolute Gasteiger partial charge is 0.271 e. The van der Waals surface area contributed by atoms with Crippen LogP contribution in [0.25, 0.3) is 0 Å². The zero-order chi connectivity index (χ0) is 12.1. The second-order valence-electron chi connectivity index (χ2n) is 3.89. The Morgan fingerprint density at radius 2 is 2.00 bits per heavy atom. The van der Waals surface area contributed by atoms with Gasteiger partial charge in [0.15, 0.2) is 0 Å². The summed E-state index contributed by atoms with van der Waals surface area (Å²) in [4.78, 5) is 1.39. The van der Waals surface area contributed by atoms with E-state index in [-0.39, 0.29) is 6.04 Å². The van der Waals surface area contributed by atoms with Crippen LogP contribution in [0.15, 0.2) is 41.8 Å². The number of halogens is 1. The van der Waals surface area contributed by atoms with Gasteiger partial charge in [0.25, 0.3) is 0 Å². The number of rotatable bonds is 5. The normalized spacial score (nSPS) is 12.6. The first kappa shape index (κ1) is 12.6. The zero-order valence-corrected chi connectivity index (χ0v) is 11.0. The van der Waals surface area contributed by atoms with Gasteiger partial charge in [0, 0.05) is 15.9 Å². The summed E-state index contributed by atoms with van der Waals surface area (Å²) in [7, 11) is 0. The molecule has 0 fully saturated rings. The molecule has 0 amide bonds. The fourth-order valence-corrected chi connectivity index (χ4v) is 2.63. The first-order valence-corrected chi connectivity index (χ1v) is 6.79. The summed E-state index contributed by atoms with van der Waals surface area (Å²) in [6.45, 7) is 0. The summed E-state index contributed by atoms with van der Waals surface area (Å²) in [5, 5.41) is 2.85. The number of nitrogens with two attached hydrogens (primary N) is 1. The molecule has 4 heteroatoms. The van der Waals surface area contributed by atoms with E-state index in [1.54, 1.807) is 11.3 Å². The molecule has 3 N–H and O–H groups in total. The summed E-state index contributed by atoms with van der Waals surface area (Å²) in [5.74, 6) is 5.60. The van der Waals surface area contributed by atoms with E-state index in [1.165, 1.54) is 10.4 Å². The van der Waals surface area contributed by atoms with Crippen LogP contribution in [0.3, 0.4) is 0 Å². The van der Waals surface area contributed by atoms with E-state index in [4.69, 9.17) is 17.4 Å². The van der Waals surface area contributed by atoms with Crippen LogP contribution in [-0.2, 0) is 6.42 Å². The van der Waals surface area contributed by atoms with Gasteiger partial charge in [0.05, 0.1) is 0 Å². The molecule has 1 aromatic carbocycles. The third-order valence-corrected chi connectivity index (χ3v) is 3.92. The number of hydrogen-bond donors (Lipinski definition) is 2. The standard InChI is InChI=1S/C13H15ClN2S/c14-11-5-3-10(4-6-11)13(16-15)8-7-12-2-1-9-17-12/h1-6,9,13,16H,7-8,15H2. The van der Waals surface area contributed by atoms with Crippen LogP contribution in [0.1, 0.15) is 22.9 Å². The summed E-state index contributed by atoms with van der Waals surface area (Å²) < 4.78 is 0. The molecule has 2 rings (SSSR count). The minimum atomic E-state index is 0.175. The molecular weight excluding hydrogens is 252 g/mol. The van der Waals surface area contributed by atoms with Gasteiger partial charge >= 0.3 is 0 Å². The van der Waals surface area contributed by atoms with Crippen molar-refractivity contribution in [3.8, 4) is 0 Å². The van der Waals surface area contributed by atoms with Gasteiger partial charge in [-0.2, -0.15) is 0 Å². The maximum absolute atomic E-state index is 5.87. The highest BCUT2D eigenvalue weighted by molar-refractivity contribution is 7.09. The third kappa shape index (κ3) is 3.54. The van der Waals surface area contributed by atoms with E-state index in [9.17, 15) is 0 Å². The smallest absolute Gasteiger partial charge is 0.0463 e. The van der Waals surface area contributed by atoms with Crippen molar-refractivity contribution >= 4 is 22.9 Å². The molecule has 2 aromatic rings. The van der Waals surface area contributed by atoms with Gasteiger partial charge < -0.3 is 0 Å². The fraction of sp³-hybridized carbons (Fsp3) is 0.231. The first-order chi connectivity index (χ1) is 8.29. The molecule has 1 atom stereocenters. The van der Waals surface area contributed by atoms with Crippen molar-refractivity contribution in [3.63, 3.8) is 0 Å². The number of aryl methyl sites for hydroxylation is 1. The Bertz CT molecular complexity index is 439. The molecule has 90 valence electrons. The second-order valence-corrected chi connectivity index (χ2v) is 5.36. The highest BCUT2D eigenvalue weighted by Crippen LogP contribution is 2.21. The van der Waals surface area contributed by atoms with Crippen molar-refractivity contribution in [2.75, 3.05) is 0 Å². The Hall–Kier alpha value is -0.870. The van der Waals surface area contributed by atoms with E-state index in [0.717, 1.165) is 17.9 Å². The van der Waals surface area contributed by atoms with Gasteiger partial charge in [-0.1, -0.05) is 29.8 Å². The van der Waals surface area contributed by atoms with Crippen molar-refractivity contribution in [1.29, 1.82) is 0 Å². The molecule has 1 aromatic heterocycles. The number of hydrazine groups is 1.